The lowest BCUT2D eigenvalue weighted by Gasteiger charge is -2.32. The van der Waals surface area contributed by atoms with Crippen molar-refractivity contribution in [1.82, 2.24) is 14.3 Å². The van der Waals surface area contributed by atoms with Gasteiger partial charge >= 0.3 is 0 Å². The van der Waals surface area contributed by atoms with Gasteiger partial charge in [0.25, 0.3) is 0 Å². The molecule has 2 rings (SSSR count). The molecule has 1 aromatic rings. The Bertz CT molecular complexity index is 410. The summed E-state index contributed by atoms with van der Waals surface area (Å²) in [4.78, 5) is 13.8. The van der Waals surface area contributed by atoms with Crippen LogP contribution in [0.2, 0.25) is 0 Å². The number of aromatic nitrogens is 1. The summed E-state index contributed by atoms with van der Waals surface area (Å²) >= 11 is 1.36. The van der Waals surface area contributed by atoms with Crippen LogP contribution in [0.25, 0.3) is 0 Å². The van der Waals surface area contributed by atoms with Crippen LogP contribution >= 0.6 is 11.5 Å². The van der Waals surface area contributed by atoms with Crippen LogP contribution in [-0.2, 0) is 0 Å². The van der Waals surface area contributed by atoms with Gasteiger partial charge in [-0.1, -0.05) is 0 Å². The van der Waals surface area contributed by atoms with Gasteiger partial charge in [0.05, 0.1) is 11.3 Å². The smallest absolute Gasteiger partial charge is 0.164 e. The number of hydrazine groups is 1. The number of carbonyl (C=O) groups excluding carboxylic acids is 1. The number of hydrogen-bond acceptors (Lipinski definition) is 6. The number of likely N-dealkylation sites (N-methyl/N-ethyl adjacent to an activating group) is 1. The maximum Gasteiger partial charge on any atom is 0.164 e. The molecule has 0 aromatic carbocycles. The number of Topliss-reactive ketones (excluding diaryl/α,β-unsaturated/α-hetero) is 1. The normalized spacial score (nSPS) is 18.3. The van der Waals surface area contributed by atoms with Crippen molar-refractivity contribution in [3.05, 3.63) is 11.3 Å². The molecule has 0 saturated carbocycles. The zero-order valence-corrected chi connectivity index (χ0v) is 11.3. The van der Waals surface area contributed by atoms with Crippen molar-refractivity contribution in [2.45, 2.75) is 13.8 Å². The second-order valence-corrected chi connectivity index (χ2v) is 5.20. The lowest BCUT2D eigenvalue weighted by molar-refractivity contribution is 0.101. The molecule has 1 aliphatic rings. The van der Waals surface area contributed by atoms with Gasteiger partial charge < -0.3 is 10.3 Å². The molecular formula is C11H18N4OS. The fourth-order valence-corrected chi connectivity index (χ4v) is 2.79. The molecule has 1 aromatic heterocycles. The largest absolute Gasteiger partial charge is 0.308 e. The summed E-state index contributed by atoms with van der Waals surface area (Å²) in [6.07, 6.45) is 0. The van der Waals surface area contributed by atoms with Gasteiger partial charge in [-0.15, -0.1) is 0 Å². The standard InChI is InChI=1S/C11H18N4OS/c1-8-10(9(2)16)11(17-13-8)12-15-6-4-14(3)5-7-15/h12H,4-7H2,1-3H3. The molecule has 1 saturated heterocycles. The zero-order chi connectivity index (χ0) is 12.4. The van der Waals surface area contributed by atoms with E-state index in [4.69, 9.17) is 0 Å². The molecule has 94 valence electrons. The van der Waals surface area contributed by atoms with E-state index in [0.29, 0.717) is 0 Å². The van der Waals surface area contributed by atoms with E-state index in [1.165, 1.54) is 11.5 Å². The molecule has 0 radical (unpaired) electrons. The van der Waals surface area contributed by atoms with E-state index in [9.17, 15) is 4.79 Å². The average Bonchev–Trinajstić information content (AvgIpc) is 2.63. The van der Waals surface area contributed by atoms with Gasteiger partial charge in [0.1, 0.15) is 5.00 Å². The summed E-state index contributed by atoms with van der Waals surface area (Å²) in [6.45, 7) is 7.48. The number of nitrogens with one attached hydrogen (secondary N) is 1. The molecule has 0 spiro atoms. The Hall–Kier alpha value is -0.980. The summed E-state index contributed by atoms with van der Waals surface area (Å²) in [5.74, 6) is 0.0767. The lowest BCUT2D eigenvalue weighted by Crippen LogP contribution is -2.46. The third-order valence-electron chi connectivity index (χ3n) is 2.98. The Morgan fingerprint density at radius 3 is 2.59 bits per heavy atom. The van der Waals surface area contributed by atoms with E-state index in [1.807, 2.05) is 6.92 Å². The zero-order valence-electron chi connectivity index (χ0n) is 10.5. The molecular weight excluding hydrogens is 236 g/mol. The number of piperazine rings is 1. The van der Waals surface area contributed by atoms with Gasteiger partial charge in [-0.3, -0.25) is 4.79 Å². The highest BCUT2D eigenvalue weighted by molar-refractivity contribution is 7.10. The minimum atomic E-state index is 0.0767. The fraction of sp³-hybridized carbons (Fsp3) is 0.636. The Morgan fingerprint density at radius 2 is 2.00 bits per heavy atom. The predicted molar refractivity (Wildman–Crippen MR) is 69.5 cm³/mol. The number of nitrogens with zero attached hydrogens (tertiary/aromatic N) is 3. The first-order chi connectivity index (χ1) is 8.08. The van der Waals surface area contributed by atoms with Crippen molar-refractivity contribution in [3.63, 3.8) is 0 Å². The molecule has 0 unspecified atom stereocenters. The first-order valence-corrected chi connectivity index (χ1v) is 6.52. The van der Waals surface area contributed by atoms with E-state index < -0.39 is 0 Å². The average molecular weight is 254 g/mol. The summed E-state index contributed by atoms with van der Waals surface area (Å²) in [5, 5.41) is 3.03. The second kappa shape index (κ2) is 5.12. The molecule has 0 atom stereocenters. The number of rotatable bonds is 3. The number of aryl methyl sites for hydroxylation is 1. The van der Waals surface area contributed by atoms with Crippen molar-refractivity contribution in [3.8, 4) is 0 Å². The van der Waals surface area contributed by atoms with Crippen LogP contribution in [0.1, 0.15) is 23.0 Å². The number of anilines is 1. The van der Waals surface area contributed by atoms with E-state index in [1.54, 1.807) is 6.92 Å². The Kier molecular flexibility index (Phi) is 3.76. The van der Waals surface area contributed by atoms with Crippen LogP contribution in [0.4, 0.5) is 5.00 Å². The number of hydrogen-bond donors (Lipinski definition) is 1. The number of carbonyl (C=O) groups is 1. The van der Waals surface area contributed by atoms with Gasteiger partial charge in [-0.05, 0) is 32.4 Å². The Morgan fingerprint density at radius 1 is 1.35 bits per heavy atom. The third-order valence-corrected chi connectivity index (χ3v) is 3.82. The highest BCUT2D eigenvalue weighted by Crippen LogP contribution is 2.25. The second-order valence-electron chi connectivity index (χ2n) is 4.43. The molecule has 6 heteroatoms. The van der Waals surface area contributed by atoms with E-state index in [2.05, 4.69) is 26.8 Å². The molecule has 17 heavy (non-hydrogen) atoms. The SMILES string of the molecule is CC(=O)c1c(C)nsc1NN1CCN(C)CC1. The van der Waals surface area contributed by atoms with Gasteiger partial charge in [-0.25, -0.2) is 5.01 Å². The van der Waals surface area contributed by atoms with Crippen LogP contribution in [0, 0.1) is 6.92 Å². The Balaban J connectivity index is 2.06. The van der Waals surface area contributed by atoms with Gasteiger partial charge in [0.2, 0.25) is 0 Å². The van der Waals surface area contributed by atoms with Gasteiger partial charge in [-0.2, -0.15) is 4.37 Å². The lowest BCUT2D eigenvalue weighted by atomic mass is 10.2. The van der Waals surface area contributed by atoms with E-state index in [0.717, 1.165) is 42.4 Å². The van der Waals surface area contributed by atoms with Gasteiger partial charge in [0.15, 0.2) is 5.78 Å². The maximum absolute atomic E-state index is 11.5. The van der Waals surface area contributed by atoms with Crippen molar-refractivity contribution < 1.29 is 4.79 Å². The first-order valence-electron chi connectivity index (χ1n) is 5.75. The van der Waals surface area contributed by atoms with Gasteiger partial charge in [0, 0.05) is 26.2 Å². The molecule has 0 bridgehead atoms. The molecule has 0 amide bonds. The summed E-state index contributed by atoms with van der Waals surface area (Å²) in [6, 6.07) is 0. The van der Waals surface area contributed by atoms with Crippen molar-refractivity contribution >= 4 is 22.3 Å². The summed E-state index contributed by atoms with van der Waals surface area (Å²) in [5.41, 5.74) is 4.86. The molecule has 2 heterocycles. The molecule has 1 aliphatic heterocycles. The van der Waals surface area contributed by atoms with Crippen LogP contribution < -0.4 is 5.43 Å². The first kappa shape index (κ1) is 12.5. The highest BCUT2D eigenvalue weighted by atomic mass is 32.1. The highest BCUT2D eigenvalue weighted by Gasteiger charge is 2.19. The fourth-order valence-electron chi connectivity index (χ4n) is 1.92. The maximum atomic E-state index is 11.5. The van der Waals surface area contributed by atoms with Crippen LogP contribution in [-0.4, -0.2) is 53.3 Å². The van der Waals surface area contributed by atoms with E-state index in [-0.39, 0.29) is 5.78 Å². The summed E-state index contributed by atoms with van der Waals surface area (Å²) in [7, 11) is 2.12. The summed E-state index contributed by atoms with van der Waals surface area (Å²) < 4.78 is 4.24. The van der Waals surface area contributed by atoms with Crippen molar-refractivity contribution in [1.29, 1.82) is 0 Å². The molecule has 1 fully saturated rings. The van der Waals surface area contributed by atoms with Crippen LogP contribution in [0.3, 0.4) is 0 Å². The topological polar surface area (TPSA) is 48.5 Å². The van der Waals surface area contributed by atoms with E-state index >= 15 is 0 Å². The minimum Gasteiger partial charge on any atom is -0.308 e. The molecule has 0 aliphatic carbocycles. The quantitative estimate of drug-likeness (QED) is 0.822. The van der Waals surface area contributed by atoms with Crippen LogP contribution in [0.15, 0.2) is 0 Å². The molecule has 5 nitrogen and oxygen atoms in total. The van der Waals surface area contributed by atoms with Crippen molar-refractivity contribution in [2.75, 3.05) is 38.7 Å². The monoisotopic (exact) mass is 254 g/mol. The third kappa shape index (κ3) is 2.83. The minimum absolute atomic E-state index is 0.0767. The van der Waals surface area contributed by atoms with Crippen LogP contribution in [0.5, 0.6) is 0 Å². The Labute approximate surface area is 106 Å². The molecule has 1 N–H and O–H groups in total. The van der Waals surface area contributed by atoms with Crippen molar-refractivity contribution in [2.24, 2.45) is 0 Å². The number of ketones is 1. The predicted octanol–water partition coefficient (Wildman–Crippen LogP) is 1.23.